The van der Waals surface area contributed by atoms with Crippen LogP contribution in [0.1, 0.15) is 26.3 Å². The molecule has 1 aliphatic rings. The van der Waals surface area contributed by atoms with Crippen LogP contribution in [0.25, 0.3) is 0 Å². The monoisotopic (exact) mass is 263 g/mol. The van der Waals surface area contributed by atoms with Gasteiger partial charge in [-0.05, 0) is 20.3 Å². The van der Waals surface area contributed by atoms with Gasteiger partial charge in [-0.3, -0.25) is 14.9 Å². The molecule has 0 aliphatic carbocycles. The lowest BCUT2D eigenvalue weighted by Gasteiger charge is -2.41. The molecule has 1 aromatic heterocycles. The van der Waals surface area contributed by atoms with Gasteiger partial charge in [0.15, 0.2) is 0 Å². The minimum absolute atomic E-state index is 0.0716. The minimum atomic E-state index is -0.862. The maximum absolute atomic E-state index is 11.9. The summed E-state index contributed by atoms with van der Waals surface area (Å²) < 4.78 is 0. The van der Waals surface area contributed by atoms with Crippen molar-refractivity contribution in [3.8, 4) is 0 Å². The van der Waals surface area contributed by atoms with Crippen molar-refractivity contribution in [2.45, 2.75) is 32.7 Å². The zero-order chi connectivity index (χ0) is 14.2. The standard InChI is InChI=1S/C12H17N5O2/c1-4-7-9(13)14-6-15-10(7)17-5-8(18)16-11(19)12(17,2)3/h6H,4-5H2,1-3H3,(H2,13,14,15)(H,16,18,19). The van der Waals surface area contributed by atoms with Crippen LogP contribution in [0.2, 0.25) is 0 Å². The average molecular weight is 263 g/mol. The zero-order valence-corrected chi connectivity index (χ0v) is 11.2. The number of amides is 2. The Balaban J connectivity index is 2.53. The van der Waals surface area contributed by atoms with Gasteiger partial charge in [0, 0.05) is 5.56 Å². The van der Waals surface area contributed by atoms with Gasteiger partial charge in [-0.25, -0.2) is 9.97 Å². The number of imide groups is 1. The highest BCUT2D eigenvalue weighted by Crippen LogP contribution is 2.29. The molecule has 1 saturated heterocycles. The van der Waals surface area contributed by atoms with E-state index in [2.05, 4.69) is 15.3 Å². The Labute approximate surface area is 111 Å². The molecule has 1 aliphatic heterocycles. The lowest BCUT2D eigenvalue weighted by molar-refractivity contribution is -0.135. The second-order valence-corrected chi connectivity index (χ2v) is 4.94. The number of aromatic nitrogens is 2. The Morgan fingerprint density at radius 2 is 2.11 bits per heavy atom. The predicted molar refractivity (Wildman–Crippen MR) is 70.4 cm³/mol. The van der Waals surface area contributed by atoms with Crippen LogP contribution in [-0.4, -0.2) is 33.9 Å². The second-order valence-electron chi connectivity index (χ2n) is 4.94. The lowest BCUT2D eigenvalue weighted by atomic mass is 9.97. The van der Waals surface area contributed by atoms with Crippen LogP contribution in [0.5, 0.6) is 0 Å². The Morgan fingerprint density at radius 3 is 2.74 bits per heavy atom. The predicted octanol–water partition coefficient (Wildman–Crippen LogP) is -0.137. The van der Waals surface area contributed by atoms with E-state index in [4.69, 9.17) is 5.73 Å². The molecule has 0 atom stereocenters. The normalized spacial score (nSPS) is 18.4. The van der Waals surface area contributed by atoms with Crippen LogP contribution < -0.4 is 16.0 Å². The van der Waals surface area contributed by atoms with Gasteiger partial charge in [0.05, 0.1) is 6.54 Å². The summed E-state index contributed by atoms with van der Waals surface area (Å²) in [6, 6.07) is 0. The Bertz CT molecular complexity index is 541. The molecule has 1 fully saturated rings. The van der Waals surface area contributed by atoms with Crippen molar-refractivity contribution in [3.63, 3.8) is 0 Å². The topological polar surface area (TPSA) is 101 Å². The van der Waals surface area contributed by atoms with E-state index in [1.165, 1.54) is 6.33 Å². The molecule has 102 valence electrons. The number of nitrogens with one attached hydrogen (secondary N) is 1. The van der Waals surface area contributed by atoms with Crippen molar-refractivity contribution in [2.24, 2.45) is 0 Å². The van der Waals surface area contributed by atoms with Crippen molar-refractivity contribution in [2.75, 3.05) is 17.2 Å². The van der Waals surface area contributed by atoms with Crippen molar-refractivity contribution < 1.29 is 9.59 Å². The Kier molecular flexibility index (Phi) is 3.13. The third-order valence-electron chi connectivity index (χ3n) is 3.35. The van der Waals surface area contributed by atoms with Crippen LogP contribution in [-0.2, 0) is 16.0 Å². The Hall–Kier alpha value is -2.18. The lowest BCUT2D eigenvalue weighted by Crippen LogP contribution is -2.64. The number of carbonyl (C=O) groups excluding carboxylic acids is 2. The smallest absolute Gasteiger partial charge is 0.251 e. The molecule has 0 bridgehead atoms. The van der Waals surface area contributed by atoms with Gasteiger partial charge in [0.2, 0.25) is 5.91 Å². The first kappa shape index (κ1) is 13.3. The van der Waals surface area contributed by atoms with E-state index in [1.807, 2.05) is 6.92 Å². The van der Waals surface area contributed by atoms with E-state index in [0.717, 1.165) is 5.56 Å². The van der Waals surface area contributed by atoms with E-state index in [0.29, 0.717) is 18.1 Å². The number of hydrogen-bond acceptors (Lipinski definition) is 6. The van der Waals surface area contributed by atoms with Gasteiger partial charge in [0.25, 0.3) is 5.91 Å². The fourth-order valence-corrected chi connectivity index (χ4v) is 2.11. The van der Waals surface area contributed by atoms with Crippen molar-refractivity contribution in [1.29, 1.82) is 0 Å². The number of nitrogen functional groups attached to an aromatic ring is 1. The molecule has 3 N–H and O–H groups in total. The fourth-order valence-electron chi connectivity index (χ4n) is 2.11. The molecule has 7 heteroatoms. The molecule has 0 saturated carbocycles. The highest BCUT2D eigenvalue weighted by molar-refractivity contribution is 6.06. The summed E-state index contributed by atoms with van der Waals surface area (Å²) in [6.45, 7) is 5.48. The van der Waals surface area contributed by atoms with Crippen LogP contribution in [0.15, 0.2) is 6.33 Å². The summed E-state index contributed by atoms with van der Waals surface area (Å²) in [6.07, 6.45) is 1.97. The van der Waals surface area contributed by atoms with Crippen LogP contribution >= 0.6 is 0 Å². The summed E-state index contributed by atoms with van der Waals surface area (Å²) in [7, 11) is 0. The van der Waals surface area contributed by atoms with Gasteiger partial charge in [-0.2, -0.15) is 0 Å². The summed E-state index contributed by atoms with van der Waals surface area (Å²) in [5.74, 6) is 0.233. The summed E-state index contributed by atoms with van der Waals surface area (Å²) in [5, 5.41) is 2.33. The molecular formula is C12H17N5O2. The maximum Gasteiger partial charge on any atom is 0.251 e. The highest BCUT2D eigenvalue weighted by Gasteiger charge is 2.42. The molecule has 7 nitrogen and oxygen atoms in total. The molecule has 0 radical (unpaired) electrons. The minimum Gasteiger partial charge on any atom is -0.383 e. The van der Waals surface area contributed by atoms with Gasteiger partial charge in [-0.15, -0.1) is 0 Å². The first-order valence-electron chi connectivity index (χ1n) is 6.09. The average Bonchev–Trinajstić information content (AvgIpc) is 2.34. The molecule has 0 unspecified atom stereocenters. The number of piperazine rings is 1. The molecule has 2 amide bonds. The van der Waals surface area contributed by atoms with Gasteiger partial charge in [-0.1, -0.05) is 6.92 Å². The third-order valence-corrected chi connectivity index (χ3v) is 3.35. The largest absolute Gasteiger partial charge is 0.383 e. The van der Waals surface area contributed by atoms with Crippen LogP contribution in [0, 0.1) is 0 Å². The van der Waals surface area contributed by atoms with Crippen molar-refractivity contribution in [3.05, 3.63) is 11.9 Å². The number of hydrogen-bond donors (Lipinski definition) is 2. The fraction of sp³-hybridized carbons (Fsp3) is 0.500. The van der Waals surface area contributed by atoms with Crippen molar-refractivity contribution >= 4 is 23.5 Å². The summed E-state index contributed by atoms with van der Waals surface area (Å²) >= 11 is 0. The number of anilines is 2. The van der Waals surface area contributed by atoms with E-state index in [1.54, 1.807) is 18.7 Å². The van der Waals surface area contributed by atoms with Crippen molar-refractivity contribution in [1.82, 2.24) is 15.3 Å². The number of nitrogens with zero attached hydrogens (tertiary/aromatic N) is 3. The number of rotatable bonds is 2. The molecule has 19 heavy (non-hydrogen) atoms. The molecule has 0 aromatic carbocycles. The maximum atomic E-state index is 11.9. The summed E-state index contributed by atoms with van der Waals surface area (Å²) in [5.41, 5.74) is 5.72. The number of nitrogens with two attached hydrogens (primary N) is 1. The van der Waals surface area contributed by atoms with Gasteiger partial charge >= 0.3 is 0 Å². The highest BCUT2D eigenvalue weighted by atomic mass is 16.2. The quantitative estimate of drug-likeness (QED) is 0.720. The Morgan fingerprint density at radius 1 is 1.42 bits per heavy atom. The molecule has 2 rings (SSSR count). The molecular weight excluding hydrogens is 246 g/mol. The van der Waals surface area contributed by atoms with Gasteiger partial charge < -0.3 is 10.6 Å². The third kappa shape index (κ3) is 2.11. The summed E-state index contributed by atoms with van der Waals surface area (Å²) in [4.78, 5) is 33.3. The second kappa shape index (κ2) is 4.49. The van der Waals surface area contributed by atoms with E-state index in [-0.39, 0.29) is 18.4 Å². The zero-order valence-electron chi connectivity index (χ0n) is 11.2. The van der Waals surface area contributed by atoms with E-state index in [9.17, 15) is 9.59 Å². The first-order chi connectivity index (χ1) is 8.87. The molecule has 1 aromatic rings. The number of carbonyl (C=O) groups is 2. The molecule has 0 spiro atoms. The van der Waals surface area contributed by atoms with Crippen LogP contribution in [0.3, 0.4) is 0 Å². The first-order valence-corrected chi connectivity index (χ1v) is 6.09. The van der Waals surface area contributed by atoms with Gasteiger partial charge in [0.1, 0.15) is 23.5 Å². The van der Waals surface area contributed by atoms with E-state index < -0.39 is 5.54 Å². The SMILES string of the molecule is CCc1c(N)ncnc1N1CC(=O)NC(=O)C1(C)C. The van der Waals surface area contributed by atoms with Crippen LogP contribution in [0.4, 0.5) is 11.6 Å². The molecule has 2 heterocycles. The van der Waals surface area contributed by atoms with E-state index >= 15 is 0 Å².